The highest BCUT2D eigenvalue weighted by Crippen LogP contribution is 2.33. The van der Waals surface area contributed by atoms with Crippen LogP contribution in [0.5, 0.6) is 5.75 Å². The monoisotopic (exact) mass is 409 g/mol. The first-order chi connectivity index (χ1) is 14.1. The fraction of sp³-hybridized carbons (Fsp3) is 0.286. The number of nitrogen functional groups attached to an aromatic ring is 1. The molecule has 2 N–H and O–H groups in total. The van der Waals surface area contributed by atoms with Crippen molar-refractivity contribution in [2.75, 3.05) is 23.1 Å². The standard InChI is InChI=1S/C21H23N5O2S/c1-3-28-17-10-8-15(9-11-17)20-23-24-21(26(20)22)29-13-19(27)25-14(2)12-16-6-4-5-7-18(16)25/h4-11,14H,3,12-13,22H2,1-2H3/t14-/m1/s1. The van der Waals surface area contributed by atoms with E-state index < -0.39 is 0 Å². The summed E-state index contributed by atoms with van der Waals surface area (Å²) >= 11 is 1.29. The number of benzene rings is 2. The first-order valence-electron chi connectivity index (χ1n) is 9.55. The van der Waals surface area contributed by atoms with Crippen LogP contribution in [0.4, 0.5) is 5.69 Å². The normalized spacial score (nSPS) is 15.4. The van der Waals surface area contributed by atoms with Crippen LogP contribution in [0.15, 0.2) is 53.7 Å². The van der Waals surface area contributed by atoms with E-state index in [4.69, 9.17) is 10.6 Å². The van der Waals surface area contributed by atoms with Crippen LogP contribution >= 0.6 is 11.8 Å². The maximum Gasteiger partial charge on any atom is 0.237 e. The number of aromatic nitrogens is 3. The predicted octanol–water partition coefficient (Wildman–Crippen LogP) is 3.13. The van der Waals surface area contributed by atoms with Crippen LogP contribution in [0.1, 0.15) is 19.4 Å². The Bertz CT molecular complexity index is 1020. The molecule has 1 aliphatic heterocycles. The number of hydrogen-bond acceptors (Lipinski definition) is 6. The minimum absolute atomic E-state index is 0.0399. The van der Waals surface area contributed by atoms with Gasteiger partial charge in [0.05, 0.1) is 12.4 Å². The third-order valence-electron chi connectivity index (χ3n) is 4.89. The fourth-order valence-electron chi connectivity index (χ4n) is 3.58. The molecule has 1 aromatic heterocycles. The SMILES string of the molecule is CCOc1ccc(-c2nnc(SCC(=O)N3c4ccccc4C[C@H]3C)n2N)cc1. The Morgan fingerprint density at radius 1 is 1.21 bits per heavy atom. The van der Waals surface area contributed by atoms with Gasteiger partial charge in [-0.1, -0.05) is 30.0 Å². The number of para-hydroxylation sites is 1. The van der Waals surface area contributed by atoms with E-state index >= 15 is 0 Å². The molecule has 0 saturated carbocycles. The van der Waals surface area contributed by atoms with Gasteiger partial charge in [0, 0.05) is 17.3 Å². The number of ether oxygens (including phenoxy) is 1. The molecule has 1 aliphatic rings. The highest BCUT2D eigenvalue weighted by molar-refractivity contribution is 7.99. The maximum atomic E-state index is 12.9. The maximum absolute atomic E-state index is 12.9. The van der Waals surface area contributed by atoms with Crippen LogP contribution in [-0.2, 0) is 11.2 Å². The molecule has 7 nitrogen and oxygen atoms in total. The van der Waals surface area contributed by atoms with Gasteiger partial charge >= 0.3 is 0 Å². The predicted molar refractivity (Wildman–Crippen MR) is 115 cm³/mol. The second-order valence-electron chi connectivity index (χ2n) is 6.87. The lowest BCUT2D eigenvalue weighted by atomic mass is 10.1. The molecule has 1 atom stereocenters. The zero-order chi connectivity index (χ0) is 20.4. The van der Waals surface area contributed by atoms with Crippen molar-refractivity contribution in [2.24, 2.45) is 0 Å². The van der Waals surface area contributed by atoms with Gasteiger partial charge in [0.2, 0.25) is 11.1 Å². The minimum atomic E-state index is 0.0399. The number of nitrogens with zero attached hydrogens (tertiary/aromatic N) is 4. The number of carbonyl (C=O) groups is 1. The van der Waals surface area contributed by atoms with Gasteiger partial charge in [0.25, 0.3) is 0 Å². The molecule has 2 heterocycles. The Morgan fingerprint density at radius 3 is 2.72 bits per heavy atom. The molecule has 0 spiro atoms. The van der Waals surface area contributed by atoms with E-state index in [1.807, 2.05) is 54.3 Å². The summed E-state index contributed by atoms with van der Waals surface area (Å²) in [7, 11) is 0. The lowest BCUT2D eigenvalue weighted by molar-refractivity contribution is -0.116. The summed E-state index contributed by atoms with van der Waals surface area (Å²) in [6.45, 7) is 4.62. The number of carbonyl (C=O) groups excluding carboxylic acids is 1. The Hall–Kier alpha value is -3.00. The largest absolute Gasteiger partial charge is 0.494 e. The van der Waals surface area contributed by atoms with Crippen molar-refractivity contribution < 1.29 is 9.53 Å². The van der Waals surface area contributed by atoms with Crippen LogP contribution < -0.4 is 15.5 Å². The number of nitrogens with two attached hydrogens (primary N) is 1. The van der Waals surface area contributed by atoms with Gasteiger partial charge in [-0.3, -0.25) is 4.79 Å². The van der Waals surface area contributed by atoms with E-state index in [0.717, 1.165) is 23.4 Å². The molecule has 3 aromatic rings. The van der Waals surface area contributed by atoms with Crippen LogP contribution in [0.3, 0.4) is 0 Å². The van der Waals surface area contributed by atoms with Gasteiger partial charge in [-0.05, 0) is 56.2 Å². The molecule has 0 radical (unpaired) electrons. The van der Waals surface area contributed by atoms with Crippen LogP contribution in [0.2, 0.25) is 0 Å². The van der Waals surface area contributed by atoms with E-state index in [1.54, 1.807) is 0 Å². The summed E-state index contributed by atoms with van der Waals surface area (Å²) in [5, 5.41) is 8.85. The third-order valence-corrected chi connectivity index (χ3v) is 5.82. The summed E-state index contributed by atoms with van der Waals surface area (Å²) in [4.78, 5) is 14.7. The highest BCUT2D eigenvalue weighted by atomic mass is 32.2. The first-order valence-corrected chi connectivity index (χ1v) is 10.5. The molecular weight excluding hydrogens is 386 g/mol. The van der Waals surface area contributed by atoms with Gasteiger partial charge in [-0.2, -0.15) is 0 Å². The Kier molecular flexibility index (Phi) is 5.44. The second kappa shape index (κ2) is 8.16. The first kappa shape index (κ1) is 19.3. The Balaban J connectivity index is 1.45. The molecule has 0 fully saturated rings. The van der Waals surface area contributed by atoms with Gasteiger partial charge in [-0.25, -0.2) is 4.68 Å². The van der Waals surface area contributed by atoms with E-state index in [2.05, 4.69) is 23.2 Å². The molecular formula is C21H23N5O2S. The van der Waals surface area contributed by atoms with E-state index in [-0.39, 0.29) is 17.7 Å². The molecule has 8 heteroatoms. The molecule has 1 amide bonds. The average molecular weight is 410 g/mol. The summed E-state index contributed by atoms with van der Waals surface area (Å²) in [5.74, 6) is 7.81. The molecule has 2 aromatic carbocycles. The minimum Gasteiger partial charge on any atom is -0.494 e. The quantitative estimate of drug-likeness (QED) is 0.497. The number of rotatable bonds is 6. The average Bonchev–Trinajstić information content (AvgIpc) is 3.26. The lowest BCUT2D eigenvalue weighted by Crippen LogP contribution is -2.37. The smallest absolute Gasteiger partial charge is 0.237 e. The number of hydrogen-bond donors (Lipinski definition) is 1. The number of amides is 1. The van der Waals surface area contributed by atoms with Gasteiger partial charge in [0.15, 0.2) is 5.82 Å². The molecule has 0 unspecified atom stereocenters. The highest BCUT2D eigenvalue weighted by Gasteiger charge is 2.30. The van der Waals surface area contributed by atoms with Crippen LogP contribution in [0.25, 0.3) is 11.4 Å². The molecule has 4 rings (SSSR count). The molecule has 29 heavy (non-hydrogen) atoms. The van der Waals surface area contributed by atoms with Crippen molar-refractivity contribution in [2.45, 2.75) is 31.5 Å². The van der Waals surface area contributed by atoms with Crippen molar-refractivity contribution in [1.29, 1.82) is 0 Å². The van der Waals surface area contributed by atoms with Crippen LogP contribution in [-0.4, -0.2) is 39.2 Å². The number of fused-ring (bicyclic) bond motifs is 1. The lowest BCUT2D eigenvalue weighted by Gasteiger charge is -2.22. The Labute approximate surface area is 173 Å². The summed E-state index contributed by atoms with van der Waals surface area (Å²) in [6.07, 6.45) is 0.877. The summed E-state index contributed by atoms with van der Waals surface area (Å²) in [6, 6.07) is 15.7. The van der Waals surface area contributed by atoms with E-state index in [9.17, 15) is 4.79 Å². The second-order valence-corrected chi connectivity index (χ2v) is 7.81. The van der Waals surface area contributed by atoms with Crippen molar-refractivity contribution in [3.8, 4) is 17.1 Å². The molecule has 0 bridgehead atoms. The van der Waals surface area contributed by atoms with Gasteiger partial charge < -0.3 is 15.5 Å². The van der Waals surface area contributed by atoms with Crippen LogP contribution in [0, 0.1) is 0 Å². The number of thioether (sulfide) groups is 1. The third kappa shape index (κ3) is 3.80. The van der Waals surface area contributed by atoms with Crippen molar-refractivity contribution >= 4 is 23.4 Å². The molecule has 0 saturated heterocycles. The van der Waals surface area contributed by atoms with Crippen molar-refractivity contribution in [3.05, 3.63) is 54.1 Å². The van der Waals surface area contributed by atoms with Crippen molar-refractivity contribution in [1.82, 2.24) is 14.9 Å². The zero-order valence-corrected chi connectivity index (χ0v) is 17.2. The van der Waals surface area contributed by atoms with Crippen molar-refractivity contribution in [3.63, 3.8) is 0 Å². The summed E-state index contributed by atoms with van der Waals surface area (Å²) in [5.41, 5.74) is 3.04. The van der Waals surface area contributed by atoms with E-state index in [1.165, 1.54) is 22.0 Å². The van der Waals surface area contributed by atoms with Gasteiger partial charge in [-0.15, -0.1) is 10.2 Å². The van der Waals surface area contributed by atoms with Gasteiger partial charge in [0.1, 0.15) is 5.75 Å². The number of anilines is 1. The summed E-state index contributed by atoms with van der Waals surface area (Å²) < 4.78 is 6.88. The molecule has 0 aliphatic carbocycles. The zero-order valence-electron chi connectivity index (χ0n) is 16.4. The Morgan fingerprint density at radius 2 is 1.97 bits per heavy atom. The molecule has 150 valence electrons. The van der Waals surface area contributed by atoms with E-state index in [0.29, 0.717) is 17.6 Å². The topological polar surface area (TPSA) is 86.3 Å². The fourth-order valence-corrected chi connectivity index (χ4v) is 4.30.